The highest BCUT2D eigenvalue weighted by Gasteiger charge is 2.32. The predicted molar refractivity (Wildman–Crippen MR) is 124 cm³/mol. The Hall–Kier alpha value is -3.68. The Balaban J connectivity index is 1.42. The van der Waals surface area contributed by atoms with Crippen molar-refractivity contribution in [3.63, 3.8) is 0 Å². The van der Waals surface area contributed by atoms with Crippen LogP contribution in [0.5, 0.6) is 5.75 Å². The second-order valence-electron chi connectivity index (χ2n) is 8.63. The van der Waals surface area contributed by atoms with Gasteiger partial charge in [-0.1, -0.05) is 50.2 Å². The zero-order valence-corrected chi connectivity index (χ0v) is 19.1. The number of hydrogen-bond donors (Lipinski definition) is 2. The fourth-order valence-electron chi connectivity index (χ4n) is 4.07. The van der Waals surface area contributed by atoms with Crippen molar-refractivity contribution in [1.29, 1.82) is 0 Å². The van der Waals surface area contributed by atoms with E-state index in [9.17, 15) is 14.4 Å². The van der Waals surface area contributed by atoms with Crippen molar-refractivity contribution in [3.8, 4) is 5.75 Å². The first-order valence-electron chi connectivity index (χ1n) is 11.1. The van der Waals surface area contributed by atoms with Crippen LogP contribution in [-0.2, 0) is 28.0 Å². The second kappa shape index (κ2) is 9.44. The lowest BCUT2D eigenvalue weighted by Gasteiger charge is -2.19. The van der Waals surface area contributed by atoms with E-state index >= 15 is 0 Å². The first kappa shape index (κ1) is 22.5. The molecular weight excluding hydrogens is 420 g/mol. The molecule has 2 heterocycles. The number of carbonyl (C=O) groups excluding carboxylic acids is 3. The second-order valence-corrected chi connectivity index (χ2v) is 8.63. The summed E-state index contributed by atoms with van der Waals surface area (Å²) in [7, 11) is 1.77. The number of para-hydroxylation sites is 1. The number of hydrogen-bond acceptors (Lipinski definition) is 5. The highest BCUT2D eigenvalue weighted by molar-refractivity contribution is 6.03. The van der Waals surface area contributed by atoms with E-state index in [2.05, 4.69) is 41.7 Å². The molecule has 8 nitrogen and oxygen atoms in total. The minimum absolute atomic E-state index is 0.137. The molecular formula is C25H28N4O4. The van der Waals surface area contributed by atoms with E-state index in [0.29, 0.717) is 35.8 Å². The highest BCUT2D eigenvalue weighted by Crippen LogP contribution is 2.34. The van der Waals surface area contributed by atoms with Gasteiger partial charge in [0, 0.05) is 25.4 Å². The molecule has 0 radical (unpaired) electrons. The summed E-state index contributed by atoms with van der Waals surface area (Å²) in [5.74, 6) is -0.343. The fraction of sp³-hybridized carbons (Fsp3) is 0.360. The number of imide groups is 1. The summed E-state index contributed by atoms with van der Waals surface area (Å²) in [5, 5.41) is 10.6. The third-order valence-corrected chi connectivity index (χ3v) is 5.92. The molecule has 1 aromatic heterocycles. The number of nitrogens with one attached hydrogen (secondary N) is 2. The molecule has 1 unspecified atom stereocenters. The van der Waals surface area contributed by atoms with Crippen LogP contribution in [0.4, 0.5) is 0 Å². The predicted octanol–water partition coefficient (Wildman–Crippen LogP) is 2.91. The molecule has 1 aliphatic rings. The van der Waals surface area contributed by atoms with Gasteiger partial charge in [-0.05, 0) is 29.5 Å². The molecule has 3 aromatic rings. The summed E-state index contributed by atoms with van der Waals surface area (Å²) in [4.78, 5) is 36.2. The SMILES string of the molecule is CC(C)c1ccc(CNC(=O)COc2cccc3c(C4CCC(=O)NC4=O)nn(C)c23)cc1. The number of fused-ring (bicyclic) bond motifs is 1. The van der Waals surface area contributed by atoms with Gasteiger partial charge in [0.2, 0.25) is 11.8 Å². The van der Waals surface area contributed by atoms with Crippen molar-refractivity contribution in [3.05, 3.63) is 59.3 Å². The zero-order chi connectivity index (χ0) is 23.5. The quantitative estimate of drug-likeness (QED) is 0.541. The van der Waals surface area contributed by atoms with Crippen LogP contribution >= 0.6 is 0 Å². The van der Waals surface area contributed by atoms with Gasteiger partial charge in [-0.3, -0.25) is 24.4 Å². The topological polar surface area (TPSA) is 102 Å². The summed E-state index contributed by atoms with van der Waals surface area (Å²) >= 11 is 0. The lowest BCUT2D eigenvalue weighted by molar-refractivity contribution is -0.134. The van der Waals surface area contributed by atoms with Crippen molar-refractivity contribution in [2.45, 2.75) is 45.1 Å². The van der Waals surface area contributed by atoms with Crippen LogP contribution in [0, 0.1) is 0 Å². The van der Waals surface area contributed by atoms with Gasteiger partial charge >= 0.3 is 0 Å². The Morgan fingerprint density at radius 2 is 1.97 bits per heavy atom. The number of aromatic nitrogens is 2. The van der Waals surface area contributed by atoms with E-state index in [-0.39, 0.29) is 30.7 Å². The lowest BCUT2D eigenvalue weighted by atomic mass is 9.93. The number of piperidine rings is 1. The van der Waals surface area contributed by atoms with Crippen LogP contribution in [0.3, 0.4) is 0 Å². The average molecular weight is 449 g/mol. The van der Waals surface area contributed by atoms with E-state index in [0.717, 1.165) is 10.9 Å². The summed E-state index contributed by atoms with van der Waals surface area (Å²) < 4.78 is 7.47. The Morgan fingerprint density at radius 3 is 2.67 bits per heavy atom. The molecule has 4 rings (SSSR count). The van der Waals surface area contributed by atoms with Crippen molar-refractivity contribution in [2.24, 2.45) is 7.05 Å². The van der Waals surface area contributed by atoms with Crippen molar-refractivity contribution in [2.75, 3.05) is 6.61 Å². The molecule has 0 bridgehead atoms. The van der Waals surface area contributed by atoms with Gasteiger partial charge < -0.3 is 10.1 Å². The Morgan fingerprint density at radius 1 is 1.21 bits per heavy atom. The lowest BCUT2D eigenvalue weighted by Crippen LogP contribution is -2.39. The van der Waals surface area contributed by atoms with Crippen LogP contribution in [0.1, 0.15) is 55.3 Å². The van der Waals surface area contributed by atoms with E-state index in [4.69, 9.17) is 4.74 Å². The summed E-state index contributed by atoms with van der Waals surface area (Å²) in [6, 6.07) is 13.6. The molecule has 1 atom stereocenters. The number of nitrogens with zero attached hydrogens (tertiary/aromatic N) is 2. The number of amides is 3. The summed E-state index contributed by atoms with van der Waals surface area (Å²) in [6.07, 6.45) is 0.702. The largest absolute Gasteiger partial charge is 0.482 e. The molecule has 0 spiro atoms. The molecule has 2 N–H and O–H groups in total. The van der Waals surface area contributed by atoms with Crippen molar-refractivity contribution < 1.29 is 19.1 Å². The maximum atomic E-state index is 12.4. The van der Waals surface area contributed by atoms with Gasteiger partial charge in [0.1, 0.15) is 11.3 Å². The summed E-state index contributed by atoms with van der Waals surface area (Å²) in [5.41, 5.74) is 3.59. The van der Waals surface area contributed by atoms with Crippen LogP contribution in [-0.4, -0.2) is 34.1 Å². The molecule has 2 aromatic carbocycles. The normalized spacial score (nSPS) is 16.2. The summed E-state index contributed by atoms with van der Waals surface area (Å²) in [6.45, 7) is 4.58. The maximum Gasteiger partial charge on any atom is 0.258 e. The molecule has 0 aliphatic carbocycles. The van der Waals surface area contributed by atoms with Crippen molar-refractivity contribution in [1.82, 2.24) is 20.4 Å². The van der Waals surface area contributed by atoms with E-state index in [1.807, 2.05) is 24.3 Å². The standard InChI is InChI=1S/C25H28N4O4/c1-15(2)17-9-7-16(8-10-17)13-26-22(31)14-33-20-6-4-5-18-23(28-29(3)24(18)20)19-11-12-21(30)27-25(19)32/h4-10,15,19H,11-14H2,1-3H3,(H,26,31)(H,27,30,32). The minimum Gasteiger partial charge on any atom is -0.482 e. The van der Waals surface area contributed by atoms with Gasteiger partial charge in [-0.25, -0.2) is 0 Å². The first-order valence-corrected chi connectivity index (χ1v) is 11.1. The van der Waals surface area contributed by atoms with E-state index in [1.54, 1.807) is 17.8 Å². The van der Waals surface area contributed by atoms with E-state index < -0.39 is 5.92 Å². The molecule has 172 valence electrons. The number of rotatable bonds is 7. The van der Waals surface area contributed by atoms with Gasteiger partial charge in [0.05, 0.1) is 11.6 Å². The van der Waals surface area contributed by atoms with Gasteiger partial charge in [-0.15, -0.1) is 0 Å². The first-order chi connectivity index (χ1) is 15.8. The Labute approximate surface area is 192 Å². The van der Waals surface area contributed by atoms with Gasteiger partial charge in [0.15, 0.2) is 6.61 Å². The van der Waals surface area contributed by atoms with Crippen LogP contribution < -0.4 is 15.4 Å². The monoisotopic (exact) mass is 448 g/mol. The van der Waals surface area contributed by atoms with Gasteiger partial charge in [-0.2, -0.15) is 5.10 Å². The Kier molecular flexibility index (Phi) is 6.44. The molecule has 33 heavy (non-hydrogen) atoms. The number of carbonyl (C=O) groups is 3. The molecule has 3 amide bonds. The van der Waals surface area contributed by atoms with Gasteiger partial charge in [0.25, 0.3) is 5.91 Å². The smallest absolute Gasteiger partial charge is 0.258 e. The number of ether oxygens (including phenoxy) is 1. The third kappa shape index (κ3) is 4.89. The molecule has 8 heteroatoms. The molecule has 1 fully saturated rings. The van der Waals surface area contributed by atoms with Crippen LogP contribution in [0.2, 0.25) is 0 Å². The average Bonchev–Trinajstić information content (AvgIpc) is 3.13. The number of aryl methyl sites for hydroxylation is 1. The Bertz CT molecular complexity index is 1200. The van der Waals surface area contributed by atoms with Crippen molar-refractivity contribution >= 4 is 28.6 Å². The zero-order valence-electron chi connectivity index (χ0n) is 19.1. The highest BCUT2D eigenvalue weighted by atomic mass is 16.5. The van der Waals surface area contributed by atoms with Crippen LogP contribution in [0.25, 0.3) is 10.9 Å². The molecule has 1 saturated heterocycles. The van der Waals surface area contributed by atoms with Crippen LogP contribution in [0.15, 0.2) is 42.5 Å². The fourth-order valence-corrected chi connectivity index (χ4v) is 4.07. The van der Waals surface area contributed by atoms with E-state index in [1.165, 1.54) is 5.56 Å². The molecule has 0 saturated carbocycles. The molecule has 1 aliphatic heterocycles. The minimum atomic E-state index is -0.493. The third-order valence-electron chi connectivity index (χ3n) is 5.92. The maximum absolute atomic E-state index is 12.4. The number of benzene rings is 2.